The molecular weight excluding hydrogens is 202 g/mol. The number of rotatable bonds is 5. The maximum Gasteiger partial charge on any atom is 0.224 e. The molecule has 0 amide bonds. The van der Waals surface area contributed by atoms with Crippen LogP contribution >= 0.6 is 11.6 Å². The lowest BCUT2D eigenvalue weighted by molar-refractivity contribution is 0.158. The zero-order valence-electron chi connectivity index (χ0n) is 8.38. The van der Waals surface area contributed by atoms with E-state index in [2.05, 4.69) is 15.3 Å². The molecule has 0 aromatic carbocycles. The van der Waals surface area contributed by atoms with Crippen molar-refractivity contribution in [1.82, 2.24) is 9.97 Å². The Labute approximate surface area is 88.7 Å². The van der Waals surface area contributed by atoms with Crippen LogP contribution < -0.4 is 5.32 Å². The Bertz CT molecular complexity index is 293. The van der Waals surface area contributed by atoms with Gasteiger partial charge < -0.3 is 10.1 Å². The maximum atomic E-state index is 5.66. The summed E-state index contributed by atoms with van der Waals surface area (Å²) in [5.41, 5.74) is 0.978. The zero-order valence-corrected chi connectivity index (χ0v) is 9.14. The van der Waals surface area contributed by atoms with Crippen molar-refractivity contribution >= 4 is 17.4 Å². The zero-order chi connectivity index (χ0) is 10.4. The van der Waals surface area contributed by atoms with Crippen LogP contribution in [0.5, 0.6) is 0 Å². The fraction of sp³-hybridized carbons (Fsp3) is 0.556. The Kier molecular flexibility index (Phi) is 4.62. The molecular formula is C9H14ClN3O. The summed E-state index contributed by atoms with van der Waals surface area (Å²) < 4.78 is 5.19. The molecule has 0 saturated carbocycles. The van der Waals surface area contributed by atoms with Crippen molar-refractivity contribution in [2.75, 3.05) is 25.1 Å². The number of nitrogens with one attached hydrogen (secondary N) is 1. The molecule has 0 aliphatic heterocycles. The van der Waals surface area contributed by atoms with Gasteiger partial charge in [0.2, 0.25) is 5.28 Å². The summed E-state index contributed by atoms with van der Waals surface area (Å²) in [6, 6.07) is 0. The topological polar surface area (TPSA) is 47.0 Å². The van der Waals surface area contributed by atoms with E-state index in [1.807, 2.05) is 13.8 Å². The minimum Gasteiger partial charge on any atom is -0.380 e. The summed E-state index contributed by atoms with van der Waals surface area (Å²) in [4.78, 5) is 7.92. The number of anilines is 1. The summed E-state index contributed by atoms with van der Waals surface area (Å²) in [6.45, 7) is 6.01. The van der Waals surface area contributed by atoms with E-state index < -0.39 is 0 Å². The minimum atomic E-state index is 0.259. The van der Waals surface area contributed by atoms with E-state index >= 15 is 0 Å². The van der Waals surface area contributed by atoms with Gasteiger partial charge in [-0.1, -0.05) is 0 Å². The van der Waals surface area contributed by atoms with Crippen LogP contribution in [0.2, 0.25) is 5.28 Å². The molecule has 5 heteroatoms. The standard InChI is InChI=1S/C9H14ClN3O/c1-3-14-5-4-11-8-7(2)6-12-9(10)13-8/h6H,3-5H2,1-2H3,(H,11,12,13). The van der Waals surface area contributed by atoms with E-state index in [1.54, 1.807) is 6.20 Å². The molecule has 0 aliphatic rings. The first-order valence-corrected chi connectivity index (χ1v) is 4.92. The Balaban J connectivity index is 2.45. The largest absolute Gasteiger partial charge is 0.380 e. The molecule has 1 rings (SSSR count). The van der Waals surface area contributed by atoms with E-state index in [-0.39, 0.29) is 5.28 Å². The third kappa shape index (κ3) is 3.47. The number of ether oxygens (including phenoxy) is 1. The molecule has 4 nitrogen and oxygen atoms in total. The fourth-order valence-electron chi connectivity index (χ4n) is 0.985. The molecule has 0 aliphatic carbocycles. The van der Waals surface area contributed by atoms with E-state index in [9.17, 15) is 0 Å². The first-order valence-electron chi connectivity index (χ1n) is 4.54. The Morgan fingerprint density at radius 2 is 2.36 bits per heavy atom. The Hall–Kier alpha value is -0.870. The number of nitrogens with zero attached hydrogens (tertiary/aromatic N) is 2. The van der Waals surface area contributed by atoms with Gasteiger partial charge >= 0.3 is 0 Å². The van der Waals surface area contributed by atoms with Crippen LogP contribution in [0.25, 0.3) is 0 Å². The number of aryl methyl sites for hydroxylation is 1. The van der Waals surface area contributed by atoms with E-state index in [0.717, 1.165) is 24.5 Å². The van der Waals surface area contributed by atoms with Gasteiger partial charge in [-0.05, 0) is 25.4 Å². The summed E-state index contributed by atoms with van der Waals surface area (Å²) in [5.74, 6) is 0.768. The van der Waals surface area contributed by atoms with Crippen LogP contribution in [-0.2, 0) is 4.74 Å². The quantitative estimate of drug-likeness (QED) is 0.602. The summed E-state index contributed by atoms with van der Waals surface area (Å²) in [7, 11) is 0. The third-order valence-corrected chi connectivity index (χ3v) is 1.87. The van der Waals surface area contributed by atoms with Gasteiger partial charge in [-0.25, -0.2) is 9.97 Å². The lowest BCUT2D eigenvalue weighted by Crippen LogP contribution is -2.11. The van der Waals surface area contributed by atoms with Crippen LogP contribution in [0.3, 0.4) is 0 Å². The highest BCUT2D eigenvalue weighted by Gasteiger charge is 2.00. The van der Waals surface area contributed by atoms with Crippen molar-refractivity contribution in [1.29, 1.82) is 0 Å². The number of hydrogen-bond acceptors (Lipinski definition) is 4. The van der Waals surface area contributed by atoms with E-state index in [1.165, 1.54) is 0 Å². The molecule has 0 fully saturated rings. The Morgan fingerprint density at radius 1 is 1.57 bits per heavy atom. The van der Waals surface area contributed by atoms with Gasteiger partial charge in [0.15, 0.2) is 0 Å². The molecule has 14 heavy (non-hydrogen) atoms. The second-order valence-corrected chi connectivity index (χ2v) is 3.13. The average Bonchev–Trinajstić information content (AvgIpc) is 2.18. The normalized spacial score (nSPS) is 10.2. The van der Waals surface area contributed by atoms with Crippen LogP contribution in [0.4, 0.5) is 5.82 Å². The molecule has 0 bridgehead atoms. The van der Waals surface area contributed by atoms with Crippen molar-refractivity contribution in [3.05, 3.63) is 17.0 Å². The molecule has 0 spiro atoms. The van der Waals surface area contributed by atoms with Crippen molar-refractivity contribution in [2.45, 2.75) is 13.8 Å². The number of halogens is 1. The summed E-state index contributed by atoms with van der Waals surface area (Å²) >= 11 is 5.66. The SMILES string of the molecule is CCOCCNc1nc(Cl)ncc1C. The smallest absolute Gasteiger partial charge is 0.224 e. The number of aromatic nitrogens is 2. The average molecular weight is 216 g/mol. The number of hydrogen-bond donors (Lipinski definition) is 1. The van der Waals surface area contributed by atoms with Crippen molar-refractivity contribution in [2.24, 2.45) is 0 Å². The predicted molar refractivity (Wildman–Crippen MR) is 56.8 cm³/mol. The van der Waals surface area contributed by atoms with Gasteiger partial charge in [-0.3, -0.25) is 0 Å². The van der Waals surface area contributed by atoms with Gasteiger partial charge in [0.25, 0.3) is 0 Å². The molecule has 1 N–H and O–H groups in total. The fourth-order valence-corrected chi connectivity index (χ4v) is 1.12. The first kappa shape index (κ1) is 11.2. The van der Waals surface area contributed by atoms with Gasteiger partial charge in [0.05, 0.1) is 6.61 Å². The lowest BCUT2D eigenvalue weighted by Gasteiger charge is -2.07. The van der Waals surface area contributed by atoms with Crippen molar-refractivity contribution in [3.63, 3.8) is 0 Å². The van der Waals surface area contributed by atoms with E-state index in [4.69, 9.17) is 16.3 Å². The lowest BCUT2D eigenvalue weighted by atomic mass is 10.3. The Morgan fingerprint density at radius 3 is 3.07 bits per heavy atom. The minimum absolute atomic E-state index is 0.259. The second kappa shape index (κ2) is 5.78. The molecule has 78 valence electrons. The summed E-state index contributed by atoms with van der Waals surface area (Å²) in [5, 5.41) is 3.39. The molecule has 0 radical (unpaired) electrons. The van der Waals surface area contributed by atoms with Crippen molar-refractivity contribution in [3.8, 4) is 0 Å². The molecule has 1 heterocycles. The maximum absolute atomic E-state index is 5.66. The highest BCUT2D eigenvalue weighted by Crippen LogP contribution is 2.11. The van der Waals surface area contributed by atoms with Gasteiger partial charge in [0.1, 0.15) is 5.82 Å². The van der Waals surface area contributed by atoms with Crippen molar-refractivity contribution < 1.29 is 4.74 Å². The highest BCUT2D eigenvalue weighted by molar-refractivity contribution is 6.28. The van der Waals surface area contributed by atoms with E-state index in [0.29, 0.717) is 6.61 Å². The second-order valence-electron chi connectivity index (χ2n) is 2.79. The van der Waals surface area contributed by atoms with Gasteiger partial charge in [-0.2, -0.15) is 0 Å². The van der Waals surface area contributed by atoms with Crippen LogP contribution in [0.1, 0.15) is 12.5 Å². The van der Waals surface area contributed by atoms with Gasteiger partial charge in [0, 0.05) is 24.9 Å². The first-order chi connectivity index (χ1) is 6.74. The third-order valence-electron chi connectivity index (χ3n) is 1.69. The predicted octanol–water partition coefficient (Wildman–Crippen LogP) is 1.89. The molecule has 0 unspecified atom stereocenters. The van der Waals surface area contributed by atoms with Crippen LogP contribution in [-0.4, -0.2) is 29.7 Å². The van der Waals surface area contributed by atoms with Crippen LogP contribution in [0, 0.1) is 6.92 Å². The highest BCUT2D eigenvalue weighted by atomic mass is 35.5. The van der Waals surface area contributed by atoms with Crippen LogP contribution in [0.15, 0.2) is 6.20 Å². The molecule has 0 atom stereocenters. The molecule has 1 aromatic rings. The summed E-state index contributed by atoms with van der Waals surface area (Å²) in [6.07, 6.45) is 1.69. The molecule has 0 saturated heterocycles. The monoisotopic (exact) mass is 215 g/mol. The molecule has 1 aromatic heterocycles. The van der Waals surface area contributed by atoms with Gasteiger partial charge in [-0.15, -0.1) is 0 Å².